The molecule has 1 heterocycles. The highest BCUT2D eigenvalue weighted by Gasteiger charge is 2.35. The van der Waals surface area contributed by atoms with Crippen molar-refractivity contribution in [1.29, 1.82) is 0 Å². The Bertz CT molecular complexity index is 601. The highest BCUT2D eigenvalue weighted by Crippen LogP contribution is 2.32. The first-order valence-electron chi connectivity index (χ1n) is 5.74. The van der Waals surface area contributed by atoms with Crippen molar-refractivity contribution >= 4 is 17.0 Å². The van der Waals surface area contributed by atoms with Crippen molar-refractivity contribution in [3.63, 3.8) is 0 Å². The third kappa shape index (κ3) is 1.86. The summed E-state index contributed by atoms with van der Waals surface area (Å²) in [5.41, 5.74) is 7.66. The van der Waals surface area contributed by atoms with Gasteiger partial charge in [0.15, 0.2) is 0 Å². The molecule has 0 bridgehead atoms. The van der Waals surface area contributed by atoms with Gasteiger partial charge in [0.1, 0.15) is 0 Å². The molecule has 0 aliphatic rings. The molecule has 1 unspecified atom stereocenters. The first kappa shape index (κ1) is 12.6. The molecule has 0 fully saturated rings. The van der Waals surface area contributed by atoms with Crippen LogP contribution >= 0.6 is 0 Å². The van der Waals surface area contributed by atoms with Crippen molar-refractivity contribution in [2.75, 3.05) is 0 Å². The monoisotopic (exact) mass is 247 g/mol. The zero-order valence-corrected chi connectivity index (χ0v) is 10.7. The molecule has 0 spiro atoms. The molecule has 0 aliphatic carbocycles. The summed E-state index contributed by atoms with van der Waals surface area (Å²) in [4.78, 5) is 15.5. The van der Waals surface area contributed by atoms with Crippen LogP contribution in [-0.4, -0.2) is 20.6 Å². The Morgan fingerprint density at radius 2 is 2.17 bits per heavy atom. The molecule has 0 saturated carbocycles. The van der Waals surface area contributed by atoms with Crippen LogP contribution in [-0.2, 0) is 11.8 Å². The standard InChI is InChI=1S/C13H17N3O2/c1-13(2,12(17)18)11(14)8-4-5-10-9(6-8)15-7-16(10)3/h4-7,11H,14H2,1-3H3,(H,17,18). The number of nitrogens with two attached hydrogens (primary N) is 1. The van der Waals surface area contributed by atoms with Gasteiger partial charge in [-0.05, 0) is 31.5 Å². The number of benzene rings is 1. The number of aromatic nitrogens is 2. The third-order valence-corrected chi connectivity index (χ3v) is 3.44. The van der Waals surface area contributed by atoms with E-state index in [0.717, 1.165) is 16.6 Å². The topological polar surface area (TPSA) is 81.1 Å². The number of hydrogen-bond donors (Lipinski definition) is 2. The number of carboxylic acid groups (broad SMARTS) is 1. The summed E-state index contributed by atoms with van der Waals surface area (Å²) in [7, 11) is 1.91. The first-order chi connectivity index (χ1) is 8.34. The summed E-state index contributed by atoms with van der Waals surface area (Å²) in [6, 6.07) is 5.06. The Balaban J connectivity index is 2.45. The lowest BCUT2D eigenvalue weighted by atomic mass is 9.81. The average molecular weight is 247 g/mol. The lowest BCUT2D eigenvalue weighted by molar-refractivity contribution is -0.148. The fourth-order valence-electron chi connectivity index (χ4n) is 1.90. The molecular formula is C13H17N3O2. The van der Waals surface area contributed by atoms with Gasteiger partial charge in [-0.3, -0.25) is 4.79 Å². The first-order valence-corrected chi connectivity index (χ1v) is 5.74. The minimum atomic E-state index is -1.01. The maximum Gasteiger partial charge on any atom is 0.311 e. The van der Waals surface area contributed by atoms with Crippen LogP contribution in [0.25, 0.3) is 11.0 Å². The summed E-state index contributed by atoms with van der Waals surface area (Å²) in [6.07, 6.45) is 1.72. The SMILES string of the molecule is Cn1cnc2cc(C(N)C(C)(C)C(=O)O)ccc21. The van der Waals surface area contributed by atoms with Crippen molar-refractivity contribution in [2.45, 2.75) is 19.9 Å². The molecule has 1 aromatic heterocycles. The molecule has 5 heteroatoms. The van der Waals surface area contributed by atoms with E-state index in [0.29, 0.717) is 0 Å². The number of carbonyl (C=O) groups is 1. The third-order valence-electron chi connectivity index (χ3n) is 3.44. The van der Waals surface area contributed by atoms with Crippen LogP contribution in [0.4, 0.5) is 0 Å². The minimum absolute atomic E-state index is 0.568. The fourth-order valence-corrected chi connectivity index (χ4v) is 1.90. The summed E-state index contributed by atoms with van der Waals surface area (Å²) in [5, 5.41) is 9.19. The zero-order valence-electron chi connectivity index (χ0n) is 10.7. The maximum atomic E-state index is 11.2. The molecule has 2 rings (SSSR count). The van der Waals surface area contributed by atoms with E-state index in [4.69, 9.17) is 5.73 Å². The number of hydrogen-bond acceptors (Lipinski definition) is 3. The van der Waals surface area contributed by atoms with Crippen LogP contribution in [0, 0.1) is 5.41 Å². The molecule has 0 radical (unpaired) electrons. The molecule has 0 aliphatic heterocycles. The molecule has 1 aromatic carbocycles. The predicted octanol–water partition coefficient (Wildman–Crippen LogP) is 1.68. The van der Waals surface area contributed by atoms with Crippen LogP contribution in [0.3, 0.4) is 0 Å². The van der Waals surface area contributed by atoms with Crippen molar-refractivity contribution in [3.05, 3.63) is 30.1 Å². The zero-order chi connectivity index (χ0) is 13.5. The van der Waals surface area contributed by atoms with Crippen LogP contribution in [0.5, 0.6) is 0 Å². The average Bonchev–Trinajstić information content (AvgIpc) is 2.69. The second kappa shape index (κ2) is 4.10. The van der Waals surface area contributed by atoms with E-state index in [9.17, 15) is 9.90 Å². The number of aliphatic carboxylic acids is 1. The second-order valence-electron chi connectivity index (χ2n) is 5.11. The van der Waals surface area contributed by atoms with Crippen molar-refractivity contribution in [1.82, 2.24) is 9.55 Å². The van der Waals surface area contributed by atoms with E-state index in [1.54, 1.807) is 20.2 Å². The van der Waals surface area contributed by atoms with Crippen LogP contribution < -0.4 is 5.73 Å². The number of imidazole rings is 1. The Morgan fingerprint density at radius 3 is 2.78 bits per heavy atom. The molecule has 18 heavy (non-hydrogen) atoms. The van der Waals surface area contributed by atoms with E-state index in [-0.39, 0.29) is 0 Å². The fraction of sp³-hybridized carbons (Fsp3) is 0.385. The van der Waals surface area contributed by atoms with Crippen LogP contribution in [0.15, 0.2) is 24.5 Å². The second-order valence-corrected chi connectivity index (χ2v) is 5.11. The summed E-state index contributed by atoms with van der Waals surface area (Å²) >= 11 is 0. The summed E-state index contributed by atoms with van der Waals surface area (Å²) in [5.74, 6) is -0.906. The highest BCUT2D eigenvalue weighted by atomic mass is 16.4. The molecule has 96 valence electrons. The van der Waals surface area contributed by atoms with Gasteiger partial charge in [0.25, 0.3) is 0 Å². The Hall–Kier alpha value is -1.88. The molecule has 3 N–H and O–H groups in total. The Labute approximate surface area is 105 Å². The number of carboxylic acids is 1. The maximum absolute atomic E-state index is 11.2. The van der Waals surface area contributed by atoms with Crippen LogP contribution in [0.1, 0.15) is 25.5 Å². The van der Waals surface area contributed by atoms with Gasteiger partial charge in [-0.1, -0.05) is 6.07 Å². The van der Waals surface area contributed by atoms with Gasteiger partial charge in [-0.15, -0.1) is 0 Å². The predicted molar refractivity (Wildman–Crippen MR) is 69.1 cm³/mol. The van der Waals surface area contributed by atoms with Gasteiger partial charge in [-0.25, -0.2) is 4.98 Å². The van der Waals surface area contributed by atoms with Gasteiger partial charge in [0, 0.05) is 13.1 Å². The Kier molecular flexibility index (Phi) is 2.86. The van der Waals surface area contributed by atoms with Gasteiger partial charge in [-0.2, -0.15) is 0 Å². The van der Waals surface area contributed by atoms with Gasteiger partial charge in [0.2, 0.25) is 0 Å². The molecule has 5 nitrogen and oxygen atoms in total. The van der Waals surface area contributed by atoms with E-state index in [1.807, 2.05) is 29.8 Å². The van der Waals surface area contributed by atoms with Crippen LogP contribution in [0.2, 0.25) is 0 Å². The number of fused-ring (bicyclic) bond motifs is 1. The highest BCUT2D eigenvalue weighted by molar-refractivity contribution is 5.78. The quantitative estimate of drug-likeness (QED) is 0.864. The minimum Gasteiger partial charge on any atom is -0.481 e. The lowest BCUT2D eigenvalue weighted by Gasteiger charge is -2.27. The van der Waals surface area contributed by atoms with Crippen molar-refractivity contribution in [2.24, 2.45) is 18.2 Å². The van der Waals surface area contributed by atoms with Gasteiger partial charge < -0.3 is 15.4 Å². The normalized spacial score (nSPS) is 13.8. The number of rotatable bonds is 3. The smallest absolute Gasteiger partial charge is 0.311 e. The molecular weight excluding hydrogens is 230 g/mol. The summed E-state index contributed by atoms with van der Waals surface area (Å²) in [6.45, 7) is 3.26. The number of nitrogens with zero attached hydrogens (tertiary/aromatic N) is 2. The number of aryl methyl sites for hydroxylation is 1. The van der Waals surface area contributed by atoms with E-state index in [1.165, 1.54) is 0 Å². The molecule has 0 amide bonds. The van der Waals surface area contributed by atoms with Gasteiger partial charge in [0.05, 0.1) is 22.8 Å². The van der Waals surface area contributed by atoms with Gasteiger partial charge >= 0.3 is 5.97 Å². The molecule has 0 saturated heterocycles. The Morgan fingerprint density at radius 1 is 1.50 bits per heavy atom. The molecule has 1 atom stereocenters. The van der Waals surface area contributed by atoms with E-state index >= 15 is 0 Å². The van der Waals surface area contributed by atoms with E-state index < -0.39 is 17.4 Å². The van der Waals surface area contributed by atoms with Crippen molar-refractivity contribution < 1.29 is 9.90 Å². The lowest BCUT2D eigenvalue weighted by Crippen LogP contribution is -2.36. The largest absolute Gasteiger partial charge is 0.481 e. The van der Waals surface area contributed by atoms with E-state index in [2.05, 4.69) is 4.98 Å². The summed E-state index contributed by atoms with van der Waals surface area (Å²) < 4.78 is 1.91. The van der Waals surface area contributed by atoms with Crippen molar-refractivity contribution in [3.8, 4) is 0 Å². The molecule has 2 aromatic rings.